The van der Waals surface area contributed by atoms with Crippen LogP contribution in [0.3, 0.4) is 0 Å². The lowest BCUT2D eigenvalue weighted by Gasteiger charge is -2.42. The molecule has 1 saturated heterocycles. The standard InChI is InChI=1S/C17H23N3O/c18-16-14-6-5-13(9-15(14)19-17(16)21)20-8-7-11-3-1-2-4-12(11)10-20/h5-6,9,11-12,16H,1-4,7-8,10,18H2,(H,19,21). The highest BCUT2D eigenvalue weighted by Crippen LogP contribution is 2.39. The second kappa shape index (κ2) is 5.02. The number of carbonyl (C=O) groups excluding carboxylic acids is 1. The molecule has 112 valence electrons. The third-order valence-electron chi connectivity index (χ3n) is 5.57. The number of amides is 1. The van der Waals surface area contributed by atoms with Crippen molar-refractivity contribution in [3.8, 4) is 0 Å². The molecule has 0 spiro atoms. The van der Waals surface area contributed by atoms with Gasteiger partial charge in [0.2, 0.25) is 5.91 Å². The summed E-state index contributed by atoms with van der Waals surface area (Å²) in [6, 6.07) is 5.74. The van der Waals surface area contributed by atoms with Crippen LogP contribution in [-0.4, -0.2) is 19.0 Å². The molecule has 3 N–H and O–H groups in total. The van der Waals surface area contributed by atoms with Crippen LogP contribution in [0.15, 0.2) is 18.2 Å². The van der Waals surface area contributed by atoms with Gasteiger partial charge in [0.05, 0.1) is 0 Å². The average Bonchev–Trinajstić information content (AvgIpc) is 2.81. The molecule has 1 aromatic rings. The molecule has 3 aliphatic rings. The van der Waals surface area contributed by atoms with Gasteiger partial charge in [0, 0.05) is 30.0 Å². The molecule has 1 saturated carbocycles. The summed E-state index contributed by atoms with van der Waals surface area (Å²) < 4.78 is 0. The van der Waals surface area contributed by atoms with Crippen molar-refractivity contribution in [1.82, 2.24) is 0 Å². The van der Waals surface area contributed by atoms with Crippen LogP contribution >= 0.6 is 0 Å². The van der Waals surface area contributed by atoms with Gasteiger partial charge in [-0.1, -0.05) is 25.3 Å². The minimum atomic E-state index is -0.502. The van der Waals surface area contributed by atoms with Gasteiger partial charge in [0.1, 0.15) is 6.04 Å². The van der Waals surface area contributed by atoms with E-state index in [1.165, 1.54) is 44.3 Å². The Balaban J connectivity index is 1.55. The lowest BCUT2D eigenvalue weighted by molar-refractivity contribution is -0.116. The number of nitrogens with zero attached hydrogens (tertiary/aromatic N) is 1. The Labute approximate surface area is 125 Å². The van der Waals surface area contributed by atoms with Crippen molar-refractivity contribution in [2.75, 3.05) is 23.3 Å². The predicted molar refractivity (Wildman–Crippen MR) is 84.3 cm³/mol. The first-order valence-corrected chi connectivity index (χ1v) is 8.18. The molecule has 1 amide bonds. The number of piperidine rings is 1. The van der Waals surface area contributed by atoms with E-state index < -0.39 is 6.04 Å². The van der Waals surface area contributed by atoms with Crippen molar-refractivity contribution in [3.63, 3.8) is 0 Å². The lowest BCUT2D eigenvalue weighted by Crippen LogP contribution is -2.41. The normalized spacial score (nSPS) is 31.6. The van der Waals surface area contributed by atoms with Crippen molar-refractivity contribution < 1.29 is 4.79 Å². The predicted octanol–water partition coefficient (Wildman–Crippen LogP) is 2.66. The van der Waals surface area contributed by atoms with Crippen molar-refractivity contribution in [2.45, 2.75) is 38.1 Å². The highest BCUT2D eigenvalue weighted by atomic mass is 16.2. The van der Waals surface area contributed by atoms with E-state index in [4.69, 9.17) is 5.73 Å². The third-order valence-corrected chi connectivity index (χ3v) is 5.57. The second-order valence-corrected chi connectivity index (χ2v) is 6.78. The van der Waals surface area contributed by atoms with E-state index in [1.54, 1.807) is 0 Å². The summed E-state index contributed by atoms with van der Waals surface area (Å²) in [7, 11) is 0. The molecule has 4 nitrogen and oxygen atoms in total. The zero-order valence-corrected chi connectivity index (χ0v) is 12.3. The van der Waals surface area contributed by atoms with Crippen LogP contribution in [0, 0.1) is 11.8 Å². The number of nitrogens with two attached hydrogens (primary N) is 1. The van der Waals surface area contributed by atoms with Crippen LogP contribution in [0.2, 0.25) is 0 Å². The summed E-state index contributed by atoms with van der Waals surface area (Å²) in [5, 5.41) is 2.89. The van der Waals surface area contributed by atoms with Crippen LogP contribution in [0.5, 0.6) is 0 Å². The van der Waals surface area contributed by atoms with E-state index in [0.29, 0.717) is 0 Å². The smallest absolute Gasteiger partial charge is 0.245 e. The summed E-state index contributed by atoms with van der Waals surface area (Å²) in [5.41, 5.74) is 8.94. The Morgan fingerprint density at radius 2 is 1.95 bits per heavy atom. The van der Waals surface area contributed by atoms with E-state index in [0.717, 1.165) is 29.6 Å². The number of anilines is 2. The lowest BCUT2D eigenvalue weighted by atomic mass is 9.75. The molecule has 1 aliphatic carbocycles. The first-order chi connectivity index (χ1) is 10.2. The maximum absolute atomic E-state index is 11.7. The quantitative estimate of drug-likeness (QED) is 0.834. The molecule has 4 rings (SSSR count). The van der Waals surface area contributed by atoms with Gasteiger partial charge in [0.25, 0.3) is 0 Å². The molecule has 2 heterocycles. The summed E-state index contributed by atoms with van der Waals surface area (Å²) >= 11 is 0. The Hall–Kier alpha value is -1.55. The second-order valence-electron chi connectivity index (χ2n) is 6.78. The number of hydrogen-bond acceptors (Lipinski definition) is 3. The Bertz CT molecular complexity index is 571. The Kier molecular flexibility index (Phi) is 3.14. The fourth-order valence-electron chi connectivity index (χ4n) is 4.31. The number of fused-ring (bicyclic) bond motifs is 2. The SMILES string of the molecule is NC1C(=O)Nc2cc(N3CCC4CCCCC4C3)ccc21. The highest BCUT2D eigenvalue weighted by Gasteiger charge is 2.32. The summed E-state index contributed by atoms with van der Waals surface area (Å²) in [4.78, 5) is 14.1. The molecule has 0 radical (unpaired) electrons. The van der Waals surface area contributed by atoms with Gasteiger partial charge in [-0.2, -0.15) is 0 Å². The molecule has 1 aromatic carbocycles. The largest absolute Gasteiger partial charge is 0.371 e. The van der Waals surface area contributed by atoms with Crippen molar-refractivity contribution >= 4 is 17.3 Å². The van der Waals surface area contributed by atoms with Crippen LogP contribution in [0.4, 0.5) is 11.4 Å². The number of benzene rings is 1. The first-order valence-electron chi connectivity index (χ1n) is 8.18. The van der Waals surface area contributed by atoms with E-state index >= 15 is 0 Å². The van der Waals surface area contributed by atoms with Crippen molar-refractivity contribution in [1.29, 1.82) is 0 Å². The Morgan fingerprint density at radius 1 is 1.14 bits per heavy atom. The molecular weight excluding hydrogens is 262 g/mol. The average molecular weight is 285 g/mol. The number of hydrogen-bond donors (Lipinski definition) is 2. The van der Waals surface area contributed by atoms with Gasteiger partial charge in [-0.05, 0) is 36.8 Å². The van der Waals surface area contributed by atoms with E-state index in [2.05, 4.69) is 22.3 Å². The topological polar surface area (TPSA) is 58.4 Å². The minimum absolute atomic E-state index is 0.0897. The van der Waals surface area contributed by atoms with Gasteiger partial charge >= 0.3 is 0 Å². The molecule has 0 bridgehead atoms. The van der Waals surface area contributed by atoms with Crippen LogP contribution in [0.25, 0.3) is 0 Å². The van der Waals surface area contributed by atoms with Gasteiger partial charge in [-0.3, -0.25) is 4.79 Å². The van der Waals surface area contributed by atoms with Crippen LogP contribution in [0.1, 0.15) is 43.7 Å². The molecule has 21 heavy (non-hydrogen) atoms. The van der Waals surface area contributed by atoms with Crippen molar-refractivity contribution in [2.24, 2.45) is 17.6 Å². The van der Waals surface area contributed by atoms with Gasteiger partial charge in [-0.25, -0.2) is 0 Å². The van der Waals surface area contributed by atoms with Crippen LogP contribution < -0.4 is 16.0 Å². The van der Waals surface area contributed by atoms with E-state index in [9.17, 15) is 4.79 Å². The van der Waals surface area contributed by atoms with Gasteiger partial charge < -0.3 is 16.0 Å². The number of rotatable bonds is 1. The summed E-state index contributed by atoms with van der Waals surface area (Å²) in [6.07, 6.45) is 6.93. The fraction of sp³-hybridized carbons (Fsp3) is 0.588. The van der Waals surface area contributed by atoms with E-state index in [1.807, 2.05) is 6.07 Å². The Morgan fingerprint density at radius 3 is 2.81 bits per heavy atom. The molecule has 2 aliphatic heterocycles. The molecular formula is C17H23N3O. The van der Waals surface area contributed by atoms with Gasteiger partial charge in [-0.15, -0.1) is 0 Å². The highest BCUT2D eigenvalue weighted by molar-refractivity contribution is 6.02. The van der Waals surface area contributed by atoms with Crippen molar-refractivity contribution in [3.05, 3.63) is 23.8 Å². The molecule has 3 atom stereocenters. The fourth-order valence-corrected chi connectivity index (χ4v) is 4.31. The maximum atomic E-state index is 11.7. The molecule has 2 fully saturated rings. The number of nitrogens with one attached hydrogen (secondary N) is 1. The van der Waals surface area contributed by atoms with Gasteiger partial charge in [0.15, 0.2) is 0 Å². The number of carbonyl (C=O) groups is 1. The minimum Gasteiger partial charge on any atom is -0.371 e. The van der Waals surface area contributed by atoms with Crippen LogP contribution in [-0.2, 0) is 4.79 Å². The first kappa shape index (κ1) is 13.1. The molecule has 0 aromatic heterocycles. The summed E-state index contributed by atoms with van der Waals surface area (Å²) in [5.74, 6) is 1.71. The zero-order valence-electron chi connectivity index (χ0n) is 12.3. The maximum Gasteiger partial charge on any atom is 0.245 e. The zero-order chi connectivity index (χ0) is 14.4. The third kappa shape index (κ3) is 2.22. The molecule has 3 unspecified atom stereocenters. The molecule has 4 heteroatoms. The summed E-state index contributed by atoms with van der Waals surface area (Å²) in [6.45, 7) is 2.31. The monoisotopic (exact) mass is 285 g/mol. The van der Waals surface area contributed by atoms with E-state index in [-0.39, 0.29) is 5.91 Å².